The largest absolute Gasteiger partial charge is 0.497 e. The molecular weight excluding hydrogens is 334 g/mol. The van der Waals surface area contributed by atoms with Crippen LogP contribution in [0, 0.1) is 0 Å². The first-order valence-corrected chi connectivity index (χ1v) is 8.12. The third-order valence-corrected chi connectivity index (χ3v) is 3.83. The van der Waals surface area contributed by atoms with E-state index in [-0.39, 0.29) is 17.4 Å². The molecule has 6 heteroatoms. The van der Waals surface area contributed by atoms with Crippen molar-refractivity contribution in [2.75, 3.05) is 13.7 Å². The maximum Gasteiger partial charge on any atom is 0.338 e. The van der Waals surface area contributed by atoms with Gasteiger partial charge in [-0.1, -0.05) is 24.3 Å². The minimum Gasteiger partial charge on any atom is -0.497 e. The molecule has 136 valence electrons. The van der Waals surface area contributed by atoms with Crippen LogP contribution >= 0.6 is 0 Å². The summed E-state index contributed by atoms with van der Waals surface area (Å²) in [6, 6.07) is 13.3. The fraction of sp³-hybridized carbons (Fsp3) is 0.250. The van der Waals surface area contributed by atoms with Crippen LogP contribution in [0.3, 0.4) is 0 Å². The number of benzene rings is 2. The molecule has 1 N–H and O–H groups in total. The Kier molecular flexibility index (Phi) is 6.49. The van der Waals surface area contributed by atoms with Crippen molar-refractivity contribution >= 4 is 17.7 Å². The zero-order valence-corrected chi connectivity index (χ0v) is 14.9. The van der Waals surface area contributed by atoms with E-state index in [4.69, 9.17) is 9.47 Å². The molecule has 0 aliphatic rings. The zero-order valence-electron chi connectivity index (χ0n) is 14.9. The van der Waals surface area contributed by atoms with E-state index in [9.17, 15) is 14.4 Å². The second-order valence-electron chi connectivity index (χ2n) is 5.78. The van der Waals surface area contributed by atoms with Crippen molar-refractivity contribution in [1.82, 2.24) is 5.32 Å². The smallest absolute Gasteiger partial charge is 0.338 e. The van der Waals surface area contributed by atoms with Crippen LogP contribution in [-0.2, 0) is 9.53 Å². The van der Waals surface area contributed by atoms with E-state index in [0.717, 1.165) is 11.3 Å². The van der Waals surface area contributed by atoms with Gasteiger partial charge in [-0.25, -0.2) is 4.79 Å². The number of methoxy groups -OCH3 is 1. The Bertz CT molecular complexity index is 798. The number of carbonyl (C=O) groups is 3. The van der Waals surface area contributed by atoms with Crippen LogP contribution in [-0.4, -0.2) is 31.4 Å². The molecule has 0 radical (unpaired) electrons. The molecule has 0 fully saturated rings. The number of hydrogen-bond donors (Lipinski definition) is 1. The summed E-state index contributed by atoms with van der Waals surface area (Å²) in [7, 11) is 1.58. The van der Waals surface area contributed by atoms with E-state index in [0.29, 0.717) is 5.56 Å². The van der Waals surface area contributed by atoms with Gasteiger partial charge in [0.15, 0.2) is 12.4 Å². The van der Waals surface area contributed by atoms with Crippen molar-refractivity contribution in [2.45, 2.75) is 19.9 Å². The lowest BCUT2D eigenvalue weighted by Gasteiger charge is -2.15. The minimum atomic E-state index is -0.652. The van der Waals surface area contributed by atoms with Gasteiger partial charge in [-0.15, -0.1) is 0 Å². The molecule has 0 saturated carbocycles. The van der Waals surface area contributed by atoms with Crippen molar-refractivity contribution in [3.05, 3.63) is 65.2 Å². The fourth-order valence-electron chi connectivity index (χ4n) is 2.34. The fourth-order valence-corrected chi connectivity index (χ4v) is 2.34. The highest BCUT2D eigenvalue weighted by Gasteiger charge is 2.14. The lowest BCUT2D eigenvalue weighted by atomic mass is 10.1. The monoisotopic (exact) mass is 355 g/mol. The van der Waals surface area contributed by atoms with Gasteiger partial charge < -0.3 is 14.8 Å². The summed E-state index contributed by atoms with van der Waals surface area (Å²) in [5, 5.41) is 2.76. The third kappa shape index (κ3) is 5.17. The van der Waals surface area contributed by atoms with E-state index >= 15 is 0 Å². The van der Waals surface area contributed by atoms with Gasteiger partial charge in [0.2, 0.25) is 0 Å². The minimum absolute atomic E-state index is 0.147. The summed E-state index contributed by atoms with van der Waals surface area (Å²) in [4.78, 5) is 35.4. The molecule has 6 nitrogen and oxygen atoms in total. The molecule has 0 aliphatic carbocycles. The van der Waals surface area contributed by atoms with E-state index < -0.39 is 18.5 Å². The van der Waals surface area contributed by atoms with Gasteiger partial charge in [0, 0.05) is 5.56 Å². The predicted molar refractivity (Wildman–Crippen MR) is 96.3 cm³/mol. The summed E-state index contributed by atoms with van der Waals surface area (Å²) < 4.78 is 10.1. The summed E-state index contributed by atoms with van der Waals surface area (Å²) in [5.41, 5.74) is 1.55. The Balaban J connectivity index is 1.88. The van der Waals surface area contributed by atoms with Gasteiger partial charge in [0.05, 0.1) is 18.7 Å². The van der Waals surface area contributed by atoms with Crippen molar-refractivity contribution in [3.63, 3.8) is 0 Å². The number of carbonyl (C=O) groups excluding carboxylic acids is 3. The van der Waals surface area contributed by atoms with Crippen LogP contribution in [0.15, 0.2) is 48.5 Å². The van der Waals surface area contributed by atoms with Gasteiger partial charge in [-0.05, 0) is 43.7 Å². The molecule has 0 spiro atoms. The number of amides is 1. The molecule has 26 heavy (non-hydrogen) atoms. The molecule has 1 unspecified atom stereocenters. The Labute approximate surface area is 152 Å². The lowest BCUT2D eigenvalue weighted by Crippen LogP contribution is -2.31. The van der Waals surface area contributed by atoms with Crippen molar-refractivity contribution in [3.8, 4) is 5.75 Å². The Morgan fingerprint density at radius 1 is 1.04 bits per heavy atom. The molecule has 2 rings (SSSR count). The van der Waals surface area contributed by atoms with Crippen LogP contribution in [0.5, 0.6) is 5.75 Å². The Morgan fingerprint density at radius 2 is 1.69 bits per heavy atom. The highest BCUT2D eigenvalue weighted by Crippen LogP contribution is 2.17. The van der Waals surface area contributed by atoms with Gasteiger partial charge in [0.25, 0.3) is 5.91 Å². The van der Waals surface area contributed by atoms with Gasteiger partial charge in [0.1, 0.15) is 5.75 Å². The number of rotatable bonds is 7. The molecule has 1 atom stereocenters. The Morgan fingerprint density at radius 3 is 2.31 bits per heavy atom. The average molecular weight is 355 g/mol. The number of ketones is 1. The maximum atomic E-state index is 12.0. The average Bonchev–Trinajstić information content (AvgIpc) is 2.66. The van der Waals surface area contributed by atoms with E-state index in [1.165, 1.54) is 19.1 Å². The molecule has 1 amide bonds. The van der Waals surface area contributed by atoms with Crippen LogP contribution < -0.4 is 10.1 Å². The molecule has 0 aromatic heterocycles. The zero-order chi connectivity index (χ0) is 19.1. The van der Waals surface area contributed by atoms with Crippen LogP contribution in [0.25, 0.3) is 0 Å². The predicted octanol–water partition coefficient (Wildman–Crippen LogP) is 2.93. The number of hydrogen-bond acceptors (Lipinski definition) is 5. The second kappa shape index (κ2) is 8.80. The summed E-state index contributed by atoms with van der Waals surface area (Å²) in [5.74, 6) is -0.482. The highest BCUT2D eigenvalue weighted by molar-refractivity contribution is 5.98. The quantitative estimate of drug-likeness (QED) is 0.610. The third-order valence-electron chi connectivity index (χ3n) is 3.83. The molecular formula is C20H21NO5. The van der Waals surface area contributed by atoms with Crippen LogP contribution in [0.2, 0.25) is 0 Å². The molecule has 2 aromatic rings. The van der Waals surface area contributed by atoms with Crippen molar-refractivity contribution in [1.29, 1.82) is 0 Å². The standard InChI is InChI=1S/C20H21NO5/c1-13(15-7-9-18(25-3)10-8-15)21-19(23)12-26-20(24)17-6-4-5-16(11-17)14(2)22/h4-11,13H,12H2,1-3H3,(H,21,23). The first kappa shape index (κ1) is 19.2. The lowest BCUT2D eigenvalue weighted by molar-refractivity contribution is -0.124. The van der Waals surface area contributed by atoms with Gasteiger partial charge >= 0.3 is 5.97 Å². The Hall–Kier alpha value is -3.15. The van der Waals surface area contributed by atoms with Gasteiger partial charge in [-0.3, -0.25) is 9.59 Å². The molecule has 2 aromatic carbocycles. The topological polar surface area (TPSA) is 81.7 Å². The SMILES string of the molecule is COc1ccc(C(C)NC(=O)COC(=O)c2cccc(C(C)=O)c2)cc1. The second-order valence-corrected chi connectivity index (χ2v) is 5.78. The molecule has 0 aliphatic heterocycles. The van der Waals surface area contributed by atoms with Gasteiger partial charge in [-0.2, -0.15) is 0 Å². The van der Waals surface area contributed by atoms with E-state index in [1.54, 1.807) is 31.4 Å². The summed E-state index contributed by atoms with van der Waals surface area (Å²) in [6.45, 7) is 2.85. The van der Waals surface area contributed by atoms with Crippen molar-refractivity contribution < 1.29 is 23.9 Å². The van der Waals surface area contributed by atoms with Crippen molar-refractivity contribution in [2.24, 2.45) is 0 Å². The maximum absolute atomic E-state index is 12.0. The number of ether oxygens (including phenoxy) is 2. The van der Waals surface area contributed by atoms with E-state index in [2.05, 4.69) is 5.32 Å². The summed E-state index contributed by atoms with van der Waals surface area (Å²) in [6.07, 6.45) is 0. The van der Waals surface area contributed by atoms with E-state index in [1.807, 2.05) is 19.1 Å². The summed E-state index contributed by atoms with van der Waals surface area (Å²) >= 11 is 0. The number of Topliss-reactive ketones (excluding diaryl/α,β-unsaturated/α-hetero) is 1. The first-order valence-electron chi connectivity index (χ1n) is 8.12. The normalized spacial score (nSPS) is 11.3. The number of nitrogens with one attached hydrogen (secondary N) is 1. The van der Waals surface area contributed by atoms with Crippen LogP contribution in [0.4, 0.5) is 0 Å². The first-order chi connectivity index (χ1) is 12.4. The molecule has 0 saturated heterocycles. The number of esters is 1. The molecule has 0 heterocycles. The van der Waals surface area contributed by atoms with Crippen LogP contribution in [0.1, 0.15) is 46.2 Å². The highest BCUT2D eigenvalue weighted by atomic mass is 16.5. The molecule has 0 bridgehead atoms.